The summed E-state index contributed by atoms with van der Waals surface area (Å²) in [6.07, 6.45) is -8.65. The van der Waals surface area contributed by atoms with E-state index >= 15 is 0 Å². The number of hydrogen-bond donors (Lipinski definition) is 5. The van der Waals surface area contributed by atoms with E-state index < -0.39 is 30.4 Å². The molecule has 8 nitrogen and oxygen atoms in total. The normalized spacial score (nSPS) is 18.6. The van der Waals surface area contributed by atoms with Gasteiger partial charge >= 0.3 is 0 Å². The second kappa shape index (κ2) is 6.40. The van der Waals surface area contributed by atoms with E-state index in [0.717, 1.165) is 0 Å². The molecule has 0 aromatic rings. The molecule has 84 valence electrons. The summed E-state index contributed by atoms with van der Waals surface area (Å²) in [5.41, 5.74) is 0. The quantitative estimate of drug-likeness (QED) is 0.286. The van der Waals surface area contributed by atoms with Gasteiger partial charge in [-0.3, -0.25) is 0 Å². The van der Waals surface area contributed by atoms with E-state index in [0.29, 0.717) is 0 Å². The minimum absolute atomic E-state index is 0. The van der Waals surface area contributed by atoms with Crippen molar-refractivity contribution < 1.29 is 35.1 Å². The molecular formula is C6H13NO7. The van der Waals surface area contributed by atoms with E-state index in [9.17, 15) is 14.7 Å². The molecule has 0 aromatic carbocycles. The molecule has 0 aliphatic heterocycles. The molecular weight excluding hydrogens is 198 g/mol. The summed E-state index contributed by atoms with van der Waals surface area (Å²) in [6.45, 7) is 0. The molecule has 0 aromatic heterocycles. The number of hydrogen-bond acceptors (Lipinski definition) is 7. The van der Waals surface area contributed by atoms with E-state index in [2.05, 4.69) is 0 Å². The number of aliphatic hydroxyl groups is 4. The third kappa shape index (κ3) is 3.77. The third-order valence-electron chi connectivity index (χ3n) is 1.40. The molecule has 0 rings (SSSR count). The van der Waals surface area contributed by atoms with Gasteiger partial charge in [0.25, 0.3) is 0 Å². The molecule has 0 unspecified atom stereocenters. The summed E-state index contributed by atoms with van der Waals surface area (Å²) in [6, 6.07) is 0. The third-order valence-corrected chi connectivity index (χ3v) is 1.40. The first kappa shape index (κ1) is 15.4. The van der Waals surface area contributed by atoms with Crippen LogP contribution >= 0.6 is 0 Å². The number of rotatable bonds is 5. The zero-order valence-electron chi connectivity index (χ0n) is 7.40. The van der Waals surface area contributed by atoms with E-state index in [1.807, 2.05) is 0 Å². The average Bonchev–Trinajstić information content (AvgIpc) is 2.12. The van der Waals surface area contributed by atoms with Crippen LogP contribution in [0, 0.1) is 0 Å². The fraction of sp³-hybridized carbons (Fsp3) is 0.667. The van der Waals surface area contributed by atoms with Crippen molar-refractivity contribution in [2.45, 2.75) is 24.4 Å². The topological polar surface area (TPSA) is 175 Å². The van der Waals surface area contributed by atoms with E-state index in [1.54, 1.807) is 0 Å². The van der Waals surface area contributed by atoms with Gasteiger partial charge < -0.3 is 41.3 Å². The lowest BCUT2D eigenvalue weighted by molar-refractivity contribution is -0.320. The summed E-state index contributed by atoms with van der Waals surface area (Å²) in [5, 5.41) is 44.8. The lowest BCUT2D eigenvalue weighted by atomic mass is 10.0. The van der Waals surface area contributed by atoms with Crippen LogP contribution in [0.2, 0.25) is 0 Å². The maximum atomic E-state index is 9.95. The smallest absolute Gasteiger partial charge is 0.151 e. The van der Waals surface area contributed by atoms with Crippen LogP contribution in [0.1, 0.15) is 0 Å². The van der Waals surface area contributed by atoms with Gasteiger partial charge in [0.05, 0.1) is 5.97 Å². The van der Waals surface area contributed by atoms with Crippen LogP contribution in [0.3, 0.4) is 0 Å². The Morgan fingerprint density at radius 3 is 1.86 bits per heavy atom. The minimum atomic E-state index is -2.36. The Hall–Kier alpha value is -1.06. The molecule has 8 heteroatoms. The highest BCUT2D eigenvalue weighted by Gasteiger charge is 2.30. The average molecular weight is 211 g/mol. The zero-order chi connectivity index (χ0) is 10.6. The standard InChI is InChI=1S/C6H10O7.H3N/c7-1-2(8)3(9)4(10)5(11)6(12)13;/h1-5,8-11H,(H,12,13);1H3/t2-,3+,4-,5-;/m0./s1. The van der Waals surface area contributed by atoms with E-state index in [4.69, 9.17) is 20.4 Å². The van der Waals surface area contributed by atoms with Crippen molar-refractivity contribution in [3.8, 4) is 0 Å². The molecule has 0 bridgehead atoms. The molecule has 0 heterocycles. The summed E-state index contributed by atoms with van der Waals surface area (Å²) in [5.74, 6) is -2.01. The molecule has 0 radical (unpaired) electrons. The molecule has 0 saturated heterocycles. The van der Waals surface area contributed by atoms with Gasteiger partial charge in [-0.2, -0.15) is 0 Å². The maximum absolute atomic E-state index is 9.95. The van der Waals surface area contributed by atoms with Gasteiger partial charge in [0.15, 0.2) is 6.29 Å². The second-order valence-electron chi connectivity index (χ2n) is 2.37. The van der Waals surface area contributed by atoms with Crippen molar-refractivity contribution in [3.05, 3.63) is 0 Å². The number of aliphatic hydroxyl groups excluding tert-OH is 4. The Labute approximate surface area is 79.0 Å². The Morgan fingerprint density at radius 2 is 1.57 bits per heavy atom. The number of aldehydes is 1. The monoisotopic (exact) mass is 211 g/mol. The molecule has 0 aliphatic rings. The number of carbonyl (C=O) groups excluding carboxylic acids is 2. The first-order valence-electron chi connectivity index (χ1n) is 3.30. The van der Waals surface area contributed by atoms with Crippen molar-refractivity contribution in [1.29, 1.82) is 0 Å². The number of carboxylic acid groups (broad SMARTS) is 1. The molecule has 0 fully saturated rings. The predicted molar refractivity (Wildman–Crippen MR) is 41.1 cm³/mol. The minimum Gasteiger partial charge on any atom is -0.547 e. The van der Waals surface area contributed by atoms with Crippen molar-refractivity contribution in [1.82, 2.24) is 6.15 Å². The largest absolute Gasteiger partial charge is 0.547 e. The maximum Gasteiger partial charge on any atom is 0.151 e. The van der Waals surface area contributed by atoms with Crippen molar-refractivity contribution in [2.75, 3.05) is 0 Å². The summed E-state index contributed by atoms with van der Waals surface area (Å²) in [4.78, 5) is 19.8. The van der Waals surface area contributed by atoms with Crippen molar-refractivity contribution >= 4 is 12.3 Å². The van der Waals surface area contributed by atoms with Crippen LogP contribution in [0.4, 0.5) is 0 Å². The summed E-state index contributed by atoms with van der Waals surface area (Å²) >= 11 is 0. The van der Waals surface area contributed by atoms with E-state index in [-0.39, 0.29) is 12.4 Å². The molecule has 14 heavy (non-hydrogen) atoms. The molecule has 0 aliphatic carbocycles. The molecule has 0 amide bonds. The Balaban J connectivity index is 0. The molecule has 4 atom stereocenters. The summed E-state index contributed by atoms with van der Waals surface area (Å²) < 4.78 is 0. The summed E-state index contributed by atoms with van der Waals surface area (Å²) in [7, 11) is 0. The first-order chi connectivity index (χ1) is 5.91. The highest BCUT2D eigenvalue weighted by atomic mass is 16.4. The van der Waals surface area contributed by atoms with Gasteiger partial charge in [0.2, 0.25) is 0 Å². The Morgan fingerprint density at radius 1 is 1.14 bits per heavy atom. The predicted octanol–water partition coefficient (Wildman–Crippen LogP) is -4.24. The van der Waals surface area contributed by atoms with Crippen molar-refractivity contribution in [2.24, 2.45) is 0 Å². The number of carboxylic acids is 1. The van der Waals surface area contributed by atoms with Gasteiger partial charge in [-0.05, 0) is 0 Å². The van der Waals surface area contributed by atoms with Gasteiger partial charge in [-0.15, -0.1) is 0 Å². The lowest BCUT2D eigenvalue weighted by Gasteiger charge is -2.24. The molecule has 8 N–H and O–H groups in total. The number of aliphatic carboxylic acids is 1. The Kier molecular flexibility index (Phi) is 7.05. The van der Waals surface area contributed by atoms with E-state index in [1.165, 1.54) is 0 Å². The van der Waals surface area contributed by atoms with Gasteiger partial charge in [-0.25, -0.2) is 0 Å². The fourth-order valence-electron chi connectivity index (χ4n) is 0.609. The SMILES string of the molecule is O=C[C@H](O)[C@@H](O)[C@H](O)[C@H](O)C(=O)[O-].[NH4+]. The highest BCUT2D eigenvalue weighted by Crippen LogP contribution is 2.03. The number of carbonyl (C=O) groups is 2. The molecule has 0 saturated carbocycles. The fourth-order valence-corrected chi connectivity index (χ4v) is 0.609. The first-order valence-corrected chi connectivity index (χ1v) is 3.30. The van der Waals surface area contributed by atoms with Crippen LogP contribution < -0.4 is 11.3 Å². The lowest BCUT2D eigenvalue weighted by Crippen LogP contribution is -2.52. The Bertz CT molecular complexity index is 197. The van der Waals surface area contributed by atoms with Gasteiger partial charge in [0, 0.05) is 0 Å². The highest BCUT2D eigenvalue weighted by molar-refractivity contribution is 5.70. The van der Waals surface area contributed by atoms with Gasteiger partial charge in [-0.1, -0.05) is 0 Å². The van der Waals surface area contributed by atoms with Crippen molar-refractivity contribution in [3.63, 3.8) is 0 Å². The number of quaternary nitrogens is 1. The van der Waals surface area contributed by atoms with Crippen LogP contribution in [-0.4, -0.2) is 57.1 Å². The van der Waals surface area contributed by atoms with Crippen LogP contribution in [0.15, 0.2) is 0 Å². The second-order valence-corrected chi connectivity index (χ2v) is 2.37. The van der Waals surface area contributed by atoms with Crippen LogP contribution in [0.25, 0.3) is 0 Å². The van der Waals surface area contributed by atoms with Crippen LogP contribution in [-0.2, 0) is 9.59 Å². The van der Waals surface area contributed by atoms with Gasteiger partial charge in [0.1, 0.15) is 24.4 Å². The zero-order valence-corrected chi connectivity index (χ0v) is 7.40. The molecule has 0 spiro atoms. The van der Waals surface area contributed by atoms with Crippen LogP contribution in [0.5, 0.6) is 0 Å².